The van der Waals surface area contributed by atoms with Gasteiger partial charge in [0.15, 0.2) is 17.3 Å². The predicted molar refractivity (Wildman–Crippen MR) is 106 cm³/mol. The van der Waals surface area contributed by atoms with E-state index in [1.807, 2.05) is 4.90 Å². The molecule has 1 atom stereocenters. The van der Waals surface area contributed by atoms with Crippen molar-refractivity contribution >= 4 is 11.7 Å². The molecule has 1 aliphatic rings. The third-order valence-electron chi connectivity index (χ3n) is 5.35. The summed E-state index contributed by atoms with van der Waals surface area (Å²) in [5.74, 6) is 0.984. The zero-order valence-electron chi connectivity index (χ0n) is 17.4. The van der Waals surface area contributed by atoms with Crippen LogP contribution >= 0.6 is 0 Å². The van der Waals surface area contributed by atoms with Crippen molar-refractivity contribution in [2.75, 3.05) is 33.9 Å². The molecule has 6 heteroatoms. The first-order valence-corrected chi connectivity index (χ1v) is 9.61. The Labute approximate surface area is 162 Å². The summed E-state index contributed by atoms with van der Waals surface area (Å²) < 4.78 is 10.6. The van der Waals surface area contributed by atoms with E-state index in [-0.39, 0.29) is 18.1 Å². The van der Waals surface area contributed by atoms with Crippen LogP contribution in [0.4, 0.5) is 0 Å². The van der Waals surface area contributed by atoms with Gasteiger partial charge in [-0.1, -0.05) is 6.92 Å². The normalized spacial score (nSPS) is 17.9. The summed E-state index contributed by atoms with van der Waals surface area (Å²) in [5, 5.41) is 0. The summed E-state index contributed by atoms with van der Waals surface area (Å²) in [7, 11) is 3.08. The fourth-order valence-electron chi connectivity index (χ4n) is 3.81. The molecular weight excluding hydrogens is 344 g/mol. The lowest BCUT2D eigenvalue weighted by Gasteiger charge is -2.43. The maximum Gasteiger partial charge on any atom is 0.227 e. The molecule has 1 heterocycles. The van der Waals surface area contributed by atoms with Crippen molar-refractivity contribution in [1.29, 1.82) is 0 Å². The maximum atomic E-state index is 13.0. The third-order valence-corrected chi connectivity index (χ3v) is 5.35. The number of rotatable bonds is 7. The van der Waals surface area contributed by atoms with Crippen LogP contribution in [0, 0.1) is 0 Å². The van der Waals surface area contributed by atoms with E-state index in [0.29, 0.717) is 34.7 Å². The van der Waals surface area contributed by atoms with Crippen molar-refractivity contribution in [3.8, 4) is 11.5 Å². The van der Waals surface area contributed by atoms with E-state index < -0.39 is 0 Å². The maximum absolute atomic E-state index is 13.0. The van der Waals surface area contributed by atoms with Crippen molar-refractivity contribution < 1.29 is 19.1 Å². The number of hydrogen-bond acceptors (Lipinski definition) is 5. The first kappa shape index (κ1) is 21.2. The van der Waals surface area contributed by atoms with Crippen LogP contribution in [-0.4, -0.2) is 67.4 Å². The molecule has 1 fully saturated rings. The molecule has 1 aliphatic heterocycles. The number of methoxy groups -OCH3 is 2. The van der Waals surface area contributed by atoms with Gasteiger partial charge in [0.25, 0.3) is 0 Å². The fraction of sp³-hybridized carbons (Fsp3) is 0.619. The lowest BCUT2D eigenvalue weighted by Crippen LogP contribution is -2.56. The molecule has 27 heavy (non-hydrogen) atoms. The Morgan fingerprint density at radius 3 is 2.30 bits per heavy atom. The quantitative estimate of drug-likeness (QED) is 0.685. The molecule has 1 aromatic carbocycles. The largest absolute Gasteiger partial charge is 0.493 e. The van der Waals surface area contributed by atoms with E-state index in [1.54, 1.807) is 19.2 Å². The van der Waals surface area contributed by atoms with Crippen LogP contribution in [0.2, 0.25) is 0 Å². The molecule has 1 saturated heterocycles. The topological polar surface area (TPSA) is 59.1 Å². The van der Waals surface area contributed by atoms with Crippen molar-refractivity contribution in [3.63, 3.8) is 0 Å². The van der Waals surface area contributed by atoms with Crippen LogP contribution in [0.5, 0.6) is 11.5 Å². The molecule has 0 N–H and O–H groups in total. The Bertz CT molecular complexity index is 687. The molecule has 2 rings (SSSR count). The average molecular weight is 376 g/mol. The van der Waals surface area contributed by atoms with Gasteiger partial charge in [0.05, 0.1) is 20.6 Å². The van der Waals surface area contributed by atoms with Crippen molar-refractivity contribution in [2.24, 2.45) is 0 Å². The Hall–Kier alpha value is -2.08. The van der Waals surface area contributed by atoms with Crippen molar-refractivity contribution in [1.82, 2.24) is 9.80 Å². The summed E-state index contributed by atoms with van der Waals surface area (Å²) in [6.45, 7) is 10.4. The van der Waals surface area contributed by atoms with Crippen LogP contribution in [0.3, 0.4) is 0 Å². The van der Waals surface area contributed by atoms with Crippen LogP contribution < -0.4 is 9.47 Å². The van der Waals surface area contributed by atoms with E-state index in [2.05, 4.69) is 25.7 Å². The highest BCUT2D eigenvalue weighted by Crippen LogP contribution is 2.31. The van der Waals surface area contributed by atoms with Gasteiger partial charge in [-0.25, -0.2) is 0 Å². The number of ether oxygens (including phenoxy) is 2. The summed E-state index contributed by atoms with van der Waals surface area (Å²) in [6, 6.07) is 4.26. The van der Waals surface area contributed by atoms with Gasteiger partial charge < -0.3 is 14.4 Å². The summed E-state index contributed by atoms with van der Waals surface area (Å²) in [4.78, 5) is 29.4. The monoisotopic (exact) mass is 376 g/mol. The van der Waals surface area contributed by atoms with E-state index in [1.165, 1.54) is 14.0 Å². The Morgan fingerprint density at radius 1 is 1.15 bits per heavy atom. The van der Waals surface area contributed by atoms with Gasteiger partial charge in [0, 0.05) is 37.3 Å². The molecule has 0 aliphatic carbocycles. The zero-order chi connectivity index (χ0) is 20.1. The van der Waals surface area contributed by atoms with Gasteiger partial charge in [-0.2, -0.15) is 0 Å². The van der Waals surface area contributed by atoms with Gasteiger partial charge in [-0.3, -0.25) is 14.5 Å². The molecule has 150 valence electrons. The van der Waals surface area contributed by atoms with E-state index in [0.717, 1.165) is 26.1 Å². The number of amides is 1. The van der Waals surface area contributed by atoms with Crippen LogP contribution in [0.15, 0.2) is 12.1 Å². The minimum Gasteiger partial charge on any atom is -0.493 e. The summed E-state index contributed by atoms with van der Waals surface area (Å²) >= 11 is 0. The molecule has 0 radical (unpaired) electrons. The Morgan fingerprint density at radius 2 is 1.78 bits per heavy atom. The number of carbonyl (C=O) groups is 2. The minimum atomic E-state index is -0.0881. The van der Waals surface area contributed by atoms with Crippen LogP contribution in [0.25, 0.3) is 0 Å². The smallest absolute Gasteiger partial charge is 0.227 e. The molecule has 0 bridgehead atoms. The standard InChI is InChI=1S/C21H32N2O4/c1-7-17-13-22(8-9-23(17)14(2)3)21(25)11-16-10-19(26-5)20(27-6)12-18(16)15(4)24/h10,12,14,17H,7-9,11,13H2,1-6H3/t17-/m1/s1. The minimum absolute atomic E-state index is 0.0478. The fourth-order valence-corrected chi connectivity index (χ4v) is 3.81. The zero-order valence-corrected chi connectivity index (χ0v) is 17.4. The van der Waals surface area contributed by atoms with Gasteiger partial charge in [-0.15, -0.1) is 0 Å². The average Bonchev–Trinajstić information content (AvgIpc) is 2.66. The first-order valence-electron chi connectivity index (χ1n) is 9.61. The van der Waals surface area contributed by atoms with E-state index >= 15 is 0 Å². The van der Waals surface area contributed by atoms with Gasteiger partial charge >= 0.3 is 0 Å². The molecule has 0 spiro atoms. The highest BCUT2D eigenvalue weighted by Gasteiger charge is 2.30. The van der Waals surface area contributed by atoms with Crippen molar-refractivity contribution in [2.45, 2.75) is 52.6 Å². The van der Waals surface area contributed by atoms with Crippen molar-refractivity contribution in [3.05, 3.63) is 23.3 Å². The van der Waals surface area contributed by atoms with E-state index in [4.69, 9.17) is 9.47 Å². The Kier molecular flexibility index (Phi) is 7.25. The van der Waals surface area contributed by atoms with Gasteiger partial charge in [-0.05, 0) is 44.9 Å². The second-order valence-electron chi connectivity index (χ2n) is 7.33. The predicted octanol–water partition coefficient (Wildman–Crippen LogP) is 2.78. The highest BCUT2D eigenvalue weighted by molar-refractivity contribution is 5.97. The number of nitrogens with zero attached hydrogens (tertiary/aromatic N) is 2. The Balaban J connectivity index is 2.21. The molecule has 0 aromatic heterocycles. The van der Waals surface area contributed by atoms with Crippen LogP contribution in [0.1, 0.15) is 50.0 Å². The second-order valence-corrected chi connectivity index (χ2v) is 7.33. The molecule has 0 saturated carbocycles. The lowest BCUT2D eigenvalue weighted by atomic mass is 9.99. The summed E-state index contributed by atoms with van der Waals surface area (Å²) in [6.07, 6.45) is 1.20. The van der Waals surface area contributed by atoms with Gasteiger partial charge in [0.2, 0.25) is 5.91 Å². The first-order chi connectivity index (χ1) is 12.8. The highest BCUT2D eigenvalue weighted by atomic mass is 16.5. The van der Waals surface area contributed by atoms with Gasteiger partial charge in [0.1, 0.15) is 0 Å². The second kappa shape index (κ2) is 9.22. The number of piperazine rings is 1. The lowest BCUT2D eigenvalue weighted by molar-refractivity contribution is -0.134. The van der Waals surface area contributed by atoms with E-state index in [9.17, 15) is 9.59 Å². The molecule has 1 aromatic rings. The molecular formula is C21H32N2O4. The number of ketones is 1. The number of benzene rings is 1. The number of Topliss-reactive ketones (excluding diaryl/α,β-unsaturated/α-hetero) is 1. The number of carbonyl (C=O) groups excluding carboxylic acids is 2. The number of hydrogen-bond donors (Lipinski definition) is 0. The summed E-state index contributed by atoms with van der Waals surface area (Å²) in [5.41, 5.74) is 1.19. The van der Waals surface area contributed by atoms with Crippen LogP contribution in [-0.2, 0) is 11.2 Å². The molecule has 6 nitrogen and oxygen atoms in total. The molecule has 1 amide bonds. The SMILES string of the molecule is CC[C@@H]1CN(C(=O)Cc2cc(OC)c(OC)cc2C(C)=O)CCN1C(C)C. The molecule has 0 unspecified atom stereocenters. The third kappa shape index (κ3) is 4.80.